The number of benzene rings is 1. The van der Waals surface area contributed by atoms with Crippen LogP contribution < -0.4 is 10.1 Å². The van der Waals surface area contributed by atoms with Gasteiger partial charge in [0.2, 0.25) is 5.75 Å². The van der Waals surface area contributed by atoms with Crippen molar-refractivity contribution in [1.29, 1.82) is 0 Å². The summed E-state index contributed by atoms with van der Waals surface area (Å²) in [6, 6.07) is 5.34. The number of halogens is 1. The predicted molar refractivity (Wildman–Crippen MR) is 76.5 cm³/mol. The fourth-order valence-corrected chi connectivity index (χ4v) is 2.55. The Morgan fingerprint density at radius 3 is 2.89 bits per heavy atom. The zero-order valence-electron chi connectivity index (χ0n) is 10.8. The van der Waals surface area contributed by atoms with Crippen molar-refractivity contribution in [2.24, 2.45) is 0 Å². The molecule has 1 aliphatic rings. The maximum atomic E-state index is 11.0. The van der Waals surface area contributed by atoms with Crippen molar-refractivity contribution in [1.82, 2.24) is 5.32 Å². The van der Waals surface area contributed by atoms with E-state index in [1.807, 2.05) is 0 Å². The van der Waals surface area contributed by atoms with Gasteiger partial charge in [-0.1, -0.05) is 13.0 Å². The first-order valence-corrected chi connectivity index (χ1v) is 7.24. The van der Waals surface area contributed by atoms with Crippen molar-refractivity contribution in [3.05, 3.63) is 32.8 Å². The van der Waals surface area contributed by atoms with Crippen LogP contribution in [0, 0.1) is 10.1 Å². The van der Waals surface area contributed by atoms with Gasteiger partial charge in [0.15, 0.2) is 0 Å². The van der Waals surface area contributed by atoms with Crippen molar-refractivity contribution in [2.75, 3.05) is 6.54 Å². The van der Waals surface area contributed by atoms with Crippen LogP contribution in [0.3, 0.4) is 0 Å². The van der Waals surface area contributed by atoms with Gasteiger partial charge < -0.3 is 10.1 Å². The predicted octanol–water partition coefficient (Wildman–Crippen LogP) is 3.27. The Morgan fingerprint density at radius 1 is 1.53 bits per heavy atom. The zero-order valence-corrected chi connectivity index (χ0v) is 12.4. The third-order valence-electron chi connectivity index (χ3n) is 3.21. The Hall–Kier alpha value is -1.14. The lowest BCUT2D eigenvalue weighted by Crippen LogP contribution is -2.47. The van der Waals surface area contributed by atoms with Gasteiger partial charge in [-0.15, -0.1) is 0 Å². The van der Waals surface area contributed by atoms with Crippen molar-refractivity contribution in [2.45, 2.75) is 38.3 Å². The summed E-state index contributed by atoms with van der Waals surface area (Å²) in [6.45, 7) is 3.14. The molecular formula is C13H17BrN2O3. The molecule has 0 spiro atoms. The molecule has 1 aromatic carbocycles. The van der Waals surface area contributed by atoms with E-state index in [0.717, 1.165) is 25.8 Å². The highest BCUT2D eigenvalue weighted by Gasteiger charge is 2.32. The SMILES string of the molecule is CCCNC1CC(Oc2c(Br)cccc2[N+](=O)[O-])C1. The third kappa shape index (κ3) is 3.45. The number of rotatable bonds is 6. The van der Waals surface area contributed by atoms with Crippen LogP contribution >= 0.6 is 15.9 Å². The number of nitro groups is 1. The molecular weight excluding hydrogens is 312 g/mol. The lowest BCUT2D eigenvalue weighted by Gasteiger charge is -2.36. The lowest BCUT2D eigenvalue weighted by atomic mass is 9.89. The minimum absolute atomic E-state index is 0.0133. The van der Waals surface area contributed by atoms with Crippen LogP contribution in [0.15, 0.2) is 22.7 Å². The summed E-state index contributed by atoms with van der Waals surface area (Å²) in [5, 5.41) is 14.4. The van der Waals surface area contributed by atoms with Crippen molar-refractivity contribution in [3.8, 4) is 5.75 Å². The first kappa shape index (κ1) is 14.3. The lowest BCUT2D eigenvalue weighted by molar-refractivity contribution is -0.386. The Labute approximate surface area is 120 Å². The normalized spacial score (nSPS) is 21.8. The van der Waals surface area contributed by atoms with Crippen LogP contribution in [0.5, 0.6) is 5.75 Å². The van der Waals surface area contributed by atoms with Crippen LogP contribution in [-0.2, 0) is 0 Å². The molecule has 1 aliphatic carbocycles. The molecule has 2 rings (SSSR count). The fraction of sp³-hybridized carbons (Fsp3) is 0.538. The van der Waals surface area contributed by atoms with E-state index in [9.17, 15) is 10.1 Å². The number of nitrogens with one attached hydrogen (secondary N) is 1. The number of hydrogen-bond donors (Lipinski definition) is 1. The average Bonchev–Trinajstić information content (AvgIpc) is 2.33. The van der Waals surface area contributed by atoms with E-state index in [4.69, 9.17) is 4.74 Å². The van der Waals surface area contributed by atoms with Gasteiger partial charge in [0.1, 0.15) is 6.10 Å². The second kappa shape index (κ2) is 6.34. The summed E-state index contributed by atoms with van der Waals surface area (Å²) in [7, 11) is 0. The molecule has 0 bridgehead atoms. The summed E-state index contributed by atoms with van der Waals surface area (Å²) < 4.78 is 6.39. The molecule has 1 fully saturated rings. The molecule has 0 aliphatic heterocycles. The second-order valence-electron chi connectivity index (χ2n) is 4.71. The maximum absolute atomic E-state index is 11.0. The largest absolute Gasteiger partial charge is 0.483 e. The first-order valence-electron chi connectivity index (χ1n) is 6.44. The van der Waals surface area contributed by atoms with E-state index in [1.165, 1.54) is 6.07 Å². The number of hydrogen-bond acceptors (Lipinski definition) is 4. The molecule has 0 radical (unpaired) electrons. The van der Waals surface area contributed by atoms with Gasteiger partial charge in [-0.2, -0.15) is 0 Å². The van der Waals surface area contributed by atoms with E-state index in [0.29, 0.717) is 16.3 Å². The summed E-state index contributed by atoms with van der Waals surface area (Å²) in [5.41, 5.74) is 0.0133. The van der Waals surface area contributed by atoms with Gasteiger partial charge in [0.25, 0.3) is 0 Å². The Bertz CT molecular complexity index is 461. The van der Waals surface area contributed by atoms with Gasteiger partial charge in [0, 0.05) is 12.1 Å². The van der Waals surface area contributed by atoms with Gasteiger partial charge in [-0.25, -0.2) is 0 Å². The number of ether oxygens (including phenoxy) is 1. The zero-order chi connectivity index (χ0) is 13.8. The van der Waals surface area contributed by atoms with E-state index < -0.39 is 4.92 Å². The summed E-state index contributed by atoms with van der Waals surface area (Å²) in [4.78, 5) is 10.5. The monoisotopic (exact) mass is 328 g/mol. The first-order chi connectivity index (χ1) is 9.11. The molecule has 1 aromatic rings. The third-order valence-corrected chi connectivity index (χ3v) is 3.83. The highest BCUT2D eigenvalue weighted by atomic mass is 79.9. The molecule has 1 saturated carbocycles. The molecule has 0 saturated heterocycles. The molecule has 5 nitrogen and oxygen atoms in total. The number of para-hydroxylation sites is 1. The van der Waals surface area contributed by atoms with Crippen LogP contribution in [0.4, 0.5) is 5.69 Å². The molecule has 6 heteroatoms. The van der Waals surface area contributed by atoms with Crippen LogP contribution in [0.1, 0.15) is 26.2 Å². The standard InChI is InChI=1S/C13H17BrN2O3/c1-2-6-15-9-7-10(8-9)19-13-11(14)4-3-5-12(13)16(17)18/h3-5,9-10,15H,2,6-8H2,1H3. The quantitative estimate of drug-likeness (QED) is 0.643. The molecule has 19 heavy (non-hydrogen) atoms. The van der Waals surface area contributed by atoms with Gasteiger partial charge in [-0.05, 0) is 47.8 Å². The number of nitro benzene ring substituents is 1. The molecule has 0 amide bonds. The highest BCUT2D eigenvalue weighted by Crippen LogP contribution is 2.38. The Balaban J connectivity index is 1.96. The molecule has 0 atom stereocenters. The van der Waals surface area contributed by atoms with E-state index in [1.54, 1.807) is 12.1 Å². The molecule has 1 N–H and O–H groups in total. The fourth-order valence-electron chi connectivity index (χ4n) is 2.10. The van der Waals surface area contributed by atoms with Crippen LogP contribution in [-0.4, -0.2) is 23.6 Å². The highest BCUT2D eigenvalue weighted by molar-refractivity contribution is 9.10. The van der Waals surface area contributed by atoms with Gasteiger partial charge >= 0.3 is 5.69 Å². The average molecular weight is 329 g/mol. The Morgan fingerprint density at radius 2 is 2.26 bits per heavy atom. The van der Waals surface area contributed by atoms with Crippen LogP contribution in [0.25, 0.3) is 0 Å². The second-order valence-corrected chi connectivity index (χ2v) is 5.56. The Kier molecular flexibility index (Phi) is 4.76. The van der Waals surface area contributed by atoms with E-state index in [-0.39, 0.29) is 11.8 Å². The summed E-state index contributed by atoms with van der Waals surface area (Å²) >= 11 is 3.31. The van der Waals surface area contributed by atoms with Crippen molar-refractivity contribution >= 4 is 21.6 Å². The minimum Gasteiger partial charge on any atom is -0.483 e. The van der Waals surface area contributed by atoms with Gasteiger partial charge in [-0.3, -0.25) is 10.1 Å². The van der Waals surface area contributed by atoms with E-state index >= 15 is 0 Å². The van der Waals surface area contributed by atoms with Crippen LogP contribution in [0.2, 0.25) is 0 Å². The maximum Gasteiger partial charge on any atom is 0.312 e. The van der Waals surface area contributed by atoms with Crippen molar-refractivity contribution in [3.63, 3.8) is 0 Å². The summed E-state index contributed by atoms with van der Waals surface area (Å²) in [6.07, 6.45) is 2.97. The van der Waals surface area contributed by atoms with E-state index in [2.05, 4.69) is 28.2 Å². The smallest absolute Gasteiger partial charge is 0.312 e. The topological polar surface area (TPSA) is 64.4 Å². The molecule has 0 heterocycles. The molecule has 0 unspecified atom stereocenters. The minimum atomic E-state index is -0.411. The van der Waals surface area contributed by atoms with Gasteiger partial charge in [0.05, 0.1) is 9.40 Å². The van der Waals surface area contributed by atoms with Crippen molar-refractivity contribution < 1.29 is 9.66 Å². The molecule has 104 valence electrons. The molecule has 0 aromatic heterocycles. The number of nitrogens with zero attached hydrogens (tertiary/aromatic N) is 1. The summed E-state index contributed by atoms with van der Waals surface area (Å²) in [5.74, 6) is 0.339.